The van der Waals surface area contributed by atoms with Gasteiger partial charge in [0, 0.05) is 63.7 Å². The van der Waals surface area contributed by atoms with Crippen LogP contribution in [0.3, 0.4) is 0 Å². The van der Waals surface area contributed by atoms with Gasteiger partial charge in [-0.05, 0) is 94.3 Å². The van der Waals surface area contributed by atoms with E-state index in [4.69, 9.17) is 16.2 Å². The van der Waals surface area contributed by atoms with E-state index in [2.05, 4.69) is 15.4 Å². The Morgan fingerprint density at radius 1 is 0.786 bits per heavy atom. The zero-order valence-electron chi connectivity index (χ0n) is 32.4. The topological polar surface area (TPSA) is 179 Å². The molecule has 5 fully saturated rings. The smallest absolute Gasteiger partial charge is 0.314 e. The Labute approximate surface area is 324 Å². The molecule has 7 rings (SSSR count). The fraction of sp³-hybridized carbons (Fsp3) is 0.744. The lowest BCUT2D eigenvalue weighted by Crippen LogP contribution is -2.54. The second kappa shape index (κ2) is 17.2. The van der Waals surface area contributed by atoms with Crippen LogP contribution in [0.15, 0.2) is 12.4 Å². The van der Waals surface area contributed by atoms with Gasteiger partial charge in [-0.2, -0.15) is 5.10 Å². The average Bonchev–Trinajstić information content (AvgIpc) is 3.63. The highest BCUT2D eigenvalue weighted by Gasteiger charge is 2.44. The molecule has 0 spiro atoms. The number of rotatable bonds is 4. The van der Waals surface area contributed by atoms with Crippen LogP contribution in [-0.2, 0) is 23.9 Å². The first-order valence-corrected chi connectivity index (χ1v) is 20.2. The van der Waals surface area contributed by atoms with Crippen LogP contribution in [0.1, 0.15) is 116 Å². The molecule has 5 heterocycles. The van der Waals surface area contributed by atoms with Crippen LogP contribution in [0.5, 0.6) is 0 Å². The van der Waals surface area contributed by atoms with Crippen molar-refractivity contribution in [3.63, 3.8) is 0 Å². The van der Waals surface area contributed by atoms with Gasteiger partial charge in [0.15, 0.2) is 0 Å². The van der Waals surface area contributed by atoms with Gasteiger partial charge in [-0.25, -0.2) is 27.2 Å². The number of nitrogens with two attached hydrogens (primary N) is 2. The number of alkyl halides is 4. The lowest BCUT2D eigenvalue weighted by molar-refractivity contribution is -0.149. The molecule has 3 saturated heterocycles. The van der Waals surface area contributed by atoms with Gasteiger partial charge in [0.2, 0.25) is 11.8 Å². The molecule has 2 aliphatic carbocycles. The molecule has 56 heavy (non-hydrogen) atoms. The van der Waals surface area contributed by atoms with Crippen molar-refractivity contribution in [1.82, 2.24) is 24.6 Å². The van der Waals surface area contributed by atoms with E-state index in [-0.39, 0.29) is 67.6 Å². The van der Waals surface area contributed by atoms with Gasteiger partial charge in [-0.15, -0.1) is 0 Å². The number of piperidine rings is 2. The average molecular weight is 793 g/mol. The largest absolute Gasteiger partial charge is 0.383 e. The Hall–Kier alpha value is -4.02. The maximum Gasteiger partial charge on any atom is 0.314 e. The molecule has 17 heteroatoms. The van der Waals surface area contributed by atoms with Crippen LogP contribution in [0.4, 0.5) is 29.1 Å². The predicted octanol–water partition coefficient (Wildman–Crippen LogP) is 6.03. The van der Waals surface area contributed by atoms with Gasteiger partial charge < -0.3 is 31.3 Å². The molecular weight excluding hydrogens is 736 g/mol. The maximum atomic E-state index is 13.7. The third kappa shape index (κ3) is 9.74. The molecule has 5 aliphatic rings. The highest BCUT2D eigenvalue weighted by molar-refractivity contribution is 6.40. The van der Waals surface area contributed by atoms with Crippen LogP contribution >= 0.6 is 0 Å². The van der Waals surface area contributed by atoms with Crippen molar-refractivity contribution < 1.29 is 41.5 Å². The van der Waals surface area contributed by atoms with E-state index in [0.717, 1.165) is 44.9 Å². The number of hydrogen-bond donors (Lipinski definition) is 3. The minimum absolute atomic E-state index is 0.0232. The zero-order chi connectivity index (χ0) is 40.4. The van der Waals surface area contributed by atoms with Crippen molar-refractivity contribution in [3.05, 3.63) is 12.4 Å². The summed E-state index contributed by atoms with van der Waals surface area (Å²) < 4.78 is 61.4. The highest BCUT2D eigenvalue weighted by Crippen LogP contribution is 2.43. The number of hydrogen-bond acceptors (Lipinski definition) is 8. The van der Waals surface area contributed by atoms with Crippen molar-refractivity contribution in [2.75, 3.05) is 30.7 Å². The first-order valence-electron chi connectivity index (χ1n) is 20.2. The number of nitrogen functional groups attached to an aromatic ring is 1. The van der Waals surface area contributed by atoms with E-state index in [1.165, 1.54) is 11.1 Å². The monoisotopic (exact) mass is 792 g/mol. The molecule has 0 radical (unpaired) electrons. The quantitative estimate of drug-likeness (QED) is 0.248. The summed E-state index contributed by atoms with van der Waals surface area (Å²) in [5.74, 6) is -7.40. The second-order valence-corrected chi connectivity index (χ2v) is 16.9. The van der Waals surface area contributed by atoms with Gasteiger partial charge in [0.25, 0.3) is 0 Å². The molecule has 3 aliphatic heterocycles. The summed E-state index contributed by atoms with van der Waals surface area (Å²) in [6.45, 7) is 5.65. The maximum absolute atomic E-state index is 13.7. The number of halogens is 4. The van der Waals surface area contributed by atoms with E-state index in [0.29, 0.717) is 67.9 Å². The van der Waals surface area contributed by atoms with Crippen molar-refractivity contribution >= 4 is 46.0 Å². The van der Waals surface area contributed by atoms with Gasteiger partial charge >= 0.3 is 23.6 Å². The number of nitrogens with zero attached hydrogens (tertiary/aromatic N) is 5. The SMILES string of the molecule is C[C@H]1CC[C@H](C2CCC(F)(F)CC2)N(C(=O)C(=O)Nc2cnc(N)c3cn(C4CCCCO4)nc23)C1.C[C@H]1CC[C@H](C2CCC(F)(F)CC2)N(C(=O)C(N)=O)C1. The molecule has 4 amide bonds. The number of carbonyl (C=O) groups excluding carboxylic acids is 4. The number of fused-ring (bicyclic) bond motifs is 1. The van der Waals surface area contributed by atoms with Crippen molar-refractivity contribution in [2.45, 2.75) is 140 Å². The molecule has 5 atom stereocenters. The number of carbonyl (C=O) groups is 4. The molecule has 1 unspecified atom stereocenters. The summed E-state index contributed by atoms with van der Waals surface area (Å²) in [6.07, 6.45) is 10.1. The van der Waals surface area contributed by atoms with E-state index in [1.54, 1.807) is 15.8 Å². The van der Waals surface area contributed by atoms with Gasteiger partial charge in [0.05, 0.1) is 17.3 Å². The predicted molar refractivity (Wildman–Crippen MR) is 200 cm³/mol. The number of aromatic nitrogens is 3. The van der Waals surface area contributed by atoms with Crippen molar-refractivity contribution in [1.29, 1.82) is 0 Å². The number of likely N-dealkylation sites (tertiary alicyclic amines) is 2. The van der Waals surface area contributed by atoms with Crippen LogP contribution in [0.25, 0.3) is 10.9 Å². The molecule has 2 aromatic heterocycles. The van der Waals surface area contributed by atoms with E-state index in [1.807, 2.05) is 13.8 Å². The number of ether oxygens (including phenoxy) is 1. The fourth-order valence-corrected chi connectivity index (χ4v) is 9.35. The summed E-state index contributed by atoms with van der Waals surface area (Å²) in [5.41, 5.74) is 11.9. The first-order chi connectivity index (χ1) is 26.5. The van der Waals surface area contributed by atoms with E-state index in [9.17, 15) is 36.7 Å². The number of pyridine rings is 1. The summed E-state index contributed by atoms with van der Waals surface area (Å²) in [5, 5.41) is 7.86. The number of anilines is 2. The van der Waals surface area contributed by atoms with Crippen LogP contribution in [-0.4, -0.2) is 91.8 Å². The third-order valence-electron chi connectivity index (χ3n) is 12.6. The fourth-order valence-electron chi connectivity index (χ4n) is 9.35. The number of primary amides is 1. The number of nitrogens with one attached hydrogen (secondary N) is 1. The molecular formula is C39H56F4N8O5. The highest BCUT2D eigenvalue weighted by atomic mass is 19.3. The summed E-state index contributed by atoms with van der Waals surface area (Å²) in [4.78, 5) is 56.9. The summed E-state index contributed by atoms with van der Waals surface area (Å²) in [7, 11) is 0. The Balaban J connectivity index is 0.000000225. The molecule has 13 nitrogen and oxygen atoms in total. The first kappa shape index (κ1) is 41.6. The third-order valence-corrected chi connectivity index (χ3v) is 12.6. The Bertz CT molecular complexity index is 1730. The van der Waals surface area contributed by atoms with Crippen LogP contribution in [0.2, 0.25) is 0 Å². The van der Waals surface area contributed by atoms with Crippen molar-refractivity contribution in [2.24, 2.45) is 29.4 Å². The molecule has 2 aromatic rings. The summed E-state index contributed by atoms with van der Waals surface area (Å²) in [6, 6.07) is -0.315. The van der Waals surface area contributed by atoms with Gasteiger partial charge in [0.1, 0.15) is 17.6 Å². The Morgan fingerprint density at radius 3 is 1.82 bits per heavy atom. The van der Waals surface area contributed by atoms with E-state index >= 15 is 0 Å². The number of amides is 4. The molecule has 2 saturated carbocycles. The van der Waals surface area contributed by atoms with Gasteiger partial charge in [-0.3, -0.25) is 19.2 Å². The van der Waals surface area contributed by atoms with E-state index < -0.39 is 35.5 Å². The van der Waals surface area contributed by atoms with Crippen molar-refractivity contribution in [3.8, 4) is 0 Å². The Kier molecular flexibility index (Phi) is 12.8. The van der Waals surface area contributed by atoms with Crippen LogP contribution in [0, 0.1) is 23.7 Å². The normalized spacial score (nSPS) is 28.6. The van der Waals surface area contributed by atoms with Crippen LogP contribution < -0.4 is 16.8 Å². The zero-order valence-corrected chi connectivity index (χ0v) is 32.4. The summed E-state index contributed by atoms with van der Waals surface area (Å²) >= 11 is 0. The molecule has 0 bridgehead atoms. The lowest BCUT2D eigenvalue weighted by Gasteiger charge is -2.44. The lowest BCUT2D eigenvalue weighted by atomic mass is 9.77. The molecule has 5 N–H and O–H groups in total. The standard InChI is InChI=1S/C25H34F2N6O3.C14H22F2N2O2/c1-15-5-6-19(16-7-9-25(26,27)10-8-16)32(13-15)24(35)23(34)30-18-12-29-22(28)17-14-33(31-21(17)18)20-4-2-3-11-36-20;1-9-2-3-11(18(8-9)13(20)12(17)19)10-4-6-14(15,16)7-5-10/h12,14-16,19-20H,2-11,13H2,1H3,(H2,28,29)(H,30,34);9-11H,2-8H2,1H3,(H2,17,19)/t15-,19+,20?;9-,11+/m00/s1. The minimum atomic E-state index is -2.63. The molecule has 310 valence electrons. The second-order valence-electron chi connectivity index (χ2n) is 16.9. The Morgan fingerprint density at radius 2 is 1.32 bits per heavy atom. The minimum Gasteiger partial charge on any atom is -0.383 e. The van der Waals surface area contributed by atoms with Gasteiger partial charge in [-0.1, -0.05) is 13.8 Å². The molecule has 0 aromatic carbocycles.